The first-order chi connectivity index (χ1) is 18.3. The predicted molar refractivity (Wildman–Crippen MR) is 130 cm³/mol. The number of carbonyl (C=O) groups excluding carboxylic acids is 2. The van der Waals surface area contributed by atoms with Gasteiger partial charge in [-0.1, -0.05) is 6.92 Å². The lowest BCUT2D eigenvalue weighted by Gasteiger charge is -2.32. The minimum atomic E-state index is -1.91. The number of rotatable bonds is 5. The van der Waals surface area contributed by atoms with E-state index in [2.05, 4.69) is 5.32 Å². The standard InChI is InChI=1S/C27H27N3O8/c1-2-27(35)17-6-19-22-15(9-30(19)25(33)16(17)10-36-26(27)34)14(8-28-24(32)23(31)12-3-4-12)13-5-20-21(38-11-37-20)7-18(13)29-22/h5-7,12-13,18,23,31,35H,2-4,8-11H2,1H3,(H,28,32)/t13?,18?,23-,27+/m1/s1. The van der Waals surface area contributed by atoms with E-state index >= 15 is 0 Å². The van der Waals surface area contributed by atoms with Crippen LogP contribution in [0, 0.1) is 11.8 Å². The number of fused-ring (bicyclic) bond motifs is 6. The Bertz CT molecular complexity index is 1480. The summed E-state index contributed by atoms with van der Waals surface area (Å²) in [5.41, 5.74) is 0.945. The summed E-state index contributed by atoms with van der Waals surface area (Å²) in [4.78, 5) is 43.7. The van der Waals surface area contributed by atoms with Gasteiger partial charge in [-0.15, -0.1) is 0 Å². The minimum absolute atomic E-state index is 0.00177. The summed E-state index contributed by atoms with van der Waals surface area (Å²) < 4.78 is 17.9. The van der Waals surface area contributed by atoms with E-state index in [9.17, 15) is 24.6 Å². The highest BCUT2D eigenvalue weighted by Crippen LogP contribution is 2.42. The second kappa shape index (κ2) is 8.15. The number of hydrogen-bond acceptors (Lipinski definition) is 9. The maximum atomic E-state index is 13.6. The average Bonchev–Trinajstić information content (AvgIpc) is 3.56. The van der Waals surface area contributed by atoms with Gasteiger partial charge in [-0.3, -0.25) is 14.6 Å². The van der Waals surface area contributed by atoms with Gasteiger partial charge in [-0.25, -0.2) is 4.79 Å². The summed E-state index contributed by atoms with van der Waals surface area (Å²) in [6, 6.07) is 1.30. The number of aromatic nitrogens is 1. The fourth-order valence-corrected chi connectivity index (χ4v) is 6.03. The topological polar surface area (TPSA) is 149 Å². The highest BCUT2D eigenvalue weighted by Gasteiger charge is 2.47. The molecule has 198 valence electrons. The van der Waals surface area contributed by atoms with E-state index in [0.717, 1.165) is 24.0 Å². The summed E-state index contributed by atoms with van der Waals surface area (Å²) in [6.45, 7) is 1.94. The average molecular weight is 522 g/mol. The SMILES string of the molecule is CC[C@@]1(O)C(=O)OCc2c1cc1n(c2=O)CC2=C(CNC(=O)[C@H](O)C3CC3)C3C=C4OCOC4=CC3N=C21. The van der Waals surface area contributed by atoms with Crippen molar-refractivity contribution in [2.45, 2.75) is 57.1 Å². The first-order valence-electron chi connectivity index (χ1n) is 12.9. The van der Waals surface area contributed by atoms with Crippen molar-refractivity contribution in [3.63, 3.8) is 0 Å². The van der Waals surface area contributed by atoms with Crippen molar-refractivity contribution >= 4 is 17.6 Å². The van der Waals surface area contributed by atoms with Crippen LogP contribution in [0.1, 0.15) is 43.0 Å². The number of dihydropyridines is 1. The minimum Gasteiger partial charge on any atom is -0.458 e. The highest BCUT2D eigenvalue weighted by molar-refractivity contribution is 6.15. The van der Waals surface area contributed by atoms with Gasteiger partial charge in [-0.05, 0) is 49.0 Å². The van der Waals surface area contributed by atoms with Gasteiger partial charge < -0.3 is 34.3 Å². The third-order valence-electron chi connectivity index (χ3n) is 8.44. The van der Waals surface area contributed by atoms with E-state index < -0.39 is 23.6 Å². The number of pyridine rings is 1. The van der Waals surface area contributed by atoms with Crippen LogP contribution >= 0.6 is 0 Å². The Kier molecular flexibility index (Phi) is 5.02. The number of nitrogens with one attached hydrogen (secondary N) is 1. The van der Waals surface area contributed by atoms with E-state index in [1.54, 1.807) is 17.6 Å². The first kappa shape index (κ1) is 23.4. The fourth-order valence-electron chi connectivity index (χ4n) is 6.03. The second-order valence-electron chi connectivity index (χ2n) is 10.6. The summed E-state index contributed by atoms with van der Waals surface area (Å²) in [5, 5.41) is 24.3. The van der Waals surface area contributed by atoms with Crippen LogP contribution in [0.4, 0.5) is 0 Å². The van der Waals surface area contributed by atoms with Gasteiger partial charge in [0.05, 0.1) is 29.6 Å². The fraction of sp³-hybridized carbons (Fsp3) is 0.481. The molecule has 2 unspecified atom stereocenters. The Labute approximate surface area is 217 Å². The van der Waals surface area contributed by atoms with Crippen LogP contribution in [0.25, 0.3) is 0 Å². The zero-order valence-electron chi connectivity index (χ0n) is 20.7. The van der Waals surface area contributed by atoms with Crippen molar-refractivity contribution in [2.75, 3.05) is 13.3 Å². The first-order valence-corrected chi connectivity index (χ1v) is 12.9. The Hall–Kier alpha value is -3.70. The molecule has 6 aliphatic rings. The molecule has 2 aliphatic carbocycles. The number of allylic oxidation sites excluding steroid dienone is 1. The molecule has 2 fully saturated rings. The van der Waals surface area contributed by atoms with Crippen molar-refractivity contribution in [1.29, 1.82) is 0 Å². The third kappa shape index (κ3) is 3.27. The quantitative estimate of drug-likeness (QED) is 0.468. The lowest BCUT2D eigenvalue weighted by Crippen LogP contribution is -2.44. The number of cyclic esters (lactones) is 1. The molecule has 0 aromatic carbocycles. The number of ether oxygens (including phenoxy) is 3. The molecular weight excluding hydrogens is 494 g/mol. The largest absolute Gasteiger partial charge is 0.458 e. The van der Waals surface area contributed by atoms with E-state index in [-0.39, 0.29) is 67.5 Å². The molecule has 3 N–H and O–H groups in total. The van der Waals surface area contributed by atoms with Crippen LogP contribution < -0.4 is 10.9 Å². The highest BCUT2D eigenvalue weighted by atomic mass is 16.7. The van der Waals surface area contributed by atoms with Crippen LogP contribution in [0.15, 0.2) is 50.7 Å². The molecule has 4 aliphatic heterocycles. The van der Waals surface area contributed by atoms with Crippen LogP contribution in [-0.2, 0) is 42.6 Å². The third-order valence-corrected chi connectivity index (χ3v) is 8.44. The van der Waals surface area contributed by atoms with Crippen LogP contribution in [0.5, 0.6) is 0 Å². The van der Waals surface area contributed by atoms with Crippen LogP contribution in [0.2, 0.25) is 0 Å². The van der Waals surface area contributed by atoms with Gasteiger partial charge in [0.15, 0.2) is 17.1 Å². The molecule has 0 radical (unpaired) electrons. The monoisotopic (exact) mass is 521 g/mol. The molecule has 4 atom stereocenters. The normalized spacial score (nSPS) is 29.2. The van der Waals surface area contributed by atoms with Gasteiger partial charge in [0, 0.05) is 23.6 Å². The number of aliphatic hydroxyl groups is 2. The van der Waals surface area contributed by atoms with Crippen molar-refractivity contribution in [3.05, 3.63) is 68.1 Å². The molecule has 7 rings (SSSR count). The Morgan fingerprint density at radius 3 is 2.74 bits per heavy atom. The molecule has 11 nitrogen and oxygen atoms in total. The maximum absolute atomic E-state index is 13.6. The smallest absolute Gasteiger partial charge is 0.343 e. The summed E-state index contributed by atoms with van der Waals surface area (Å²) in [6.07, 6.45) is 4.48. The molecule has 5 heterocycles. The number of aliphatic imine (C=N–C) groups is 1. The summed E-state index contributed by atoms with van der Waals surface area (Å²) in [5.74, 6) is -0.243. The molecular formula is C27H27N3O8. The van der Waals surface area contributed by atoms with Crippen LogP contribution in [-0.4, -0.2) is 57.9 Å². The molecule has 0 spiro atoms. The number of esters is 1. The van der Waals surface area contributed by atoms with Crippen molar-refractivity contribution in [3.8, 4) is 0 Å². The van der Waals surface area contributed by atoms with E-state index in [1.165, 1.54) is 0 Å². The molecule has 1 saturated carbocycles. The molecule has 1 aromatic rings. The molecule has 11 heteroatoms. The predicted octanol–water partition coefficient (Wildman–Crippen LogP) is 0.273. The Morgan fingerprint density at radius 1 is 1.24 bits per heavy atom. The maximum Gasteiger partial charge on any atom is 0.343 e. The molecule has 38 heavy (non-hydrogen) atoms. The Balaban J connectivity index is 1.34. The number of amides is 1. The van der Waals surface area contributed by atoms with Crippen molar-refractivity contribution in [1.82, 2.24) is 9.88 Å². The van der Waals surface area contributed by atoms with Crippen molar-refractivity contribution < 1.29 is 34.0 Å². The second-order valence-corrected chi connectivity index (χ2v) is 10.6. The zero-order chi connectivity index (χ0) is 26.3. The van der Waals surface area contributed by atoms with E-state index in [0.29, 0.717) is 22.9 Å². The van der Waals surface area contributed by atoms with Crippen molar-refractivity contribution in [2.24, 2.45) is 16.8 Å². The van der Waals surface area contributed by atoms with Gasteiger partial charge in [0.1, 0.15) is 12.7 Å². The van der Waals surface area contributed by atoms with E-state index in [4.69, 9.17) is 19.2 Å². The number of aliphatic hydroxyl groups excluding tert-OH is 1. The number of nitrogens with zero attached hydrogens (tertiary/aromatic N) is 2. The molecule has 1 amide bonds. The number of hydrogen-bond donors (Lipinski definition) is 3. The Morgan fingerprint density at radius 2 is 2.00 bits per heavy atom. The molecule has 1 aromatic heterocycles. The number of carbonyl (C=O) groups is 2. The lowest BCUT2D eigenvalue weighted by atomic mass is 9.80. The van der Waals surface area contributed by atoms with Gasteiger partial charge >= 0.3 is 5.97 Å². The van der Waals surface area contributed by atoms with Gasteiger partial charge in [0.2, 0.25) is 12.7 Å². The lowest BCUT2D eigenvalue weighted by molar-refractivity contribution is -0.172. The zero-order valence-corrected chi connectivity index (χ0v) is 20.7. The molecule has 1 saturated heterocycles. The van der Waals surface area contributed by atoms with Gasteiger partial charge in [-0.2, -0.15) is 0 Å². The van der Waals surface area contributed by atoms with Crippen LogP contribution in [0.3, 0.4) is 0 Å². The summed E-state index contributed by atoms with van der Waals surface area (Å²) >= 11 is 0. The van der Waals surface area contributed by atoms with E-state index in [1.807, 2.05) is 12.2 Å². The summed E-state index contributed by atoms with van der Waals surface area (Å²) in [7, 11) is 0. The molecule has 0 bridgehead atoms. The van der Waals surface area contributed by atoms with Gasteiger partial charge in [0.25, 0.3) is 5.56 Å².